The molecule has 2 unspecified atom stereocenters. The lowest BCUT2D eigenvalue weighted by atomic mass is 9.97. The number of fused-ring (bicyclic) bond motifs is 2. The van der Waals surface area contributed by atoms with Gasteiger partial charge in [-0.25, -0.2) is 17.9 Å². The molecule has 11 nitrogen and oxygen atoms in total. The zero-order valence-electron chi connectivity index (χ0n) is 26.4. The van der Waals surface area contributed by atoms with E-state index in [0.29, 0.717) is 25.9 Å². The molecule has 1 saturated heterocycles. The Bertz CT molecular complexity index is 1680. The Labute approximate surface area is 264 Å². The third-order valence-corrected chi connectivity index (χ3v) is 9.84. The van der Waals surface area contributed by atoms with Crippen molar-refractivity contribution in [3.63, 3.8) is 0 Å². The van der Waals surface area contributed by atoms with Crippen LogP contribution in [0.4, 0.5) is 4.79 Å². The molecule has 1 aromatic heterocycles. The summed E-state index contributed by atoms with van der Waals surface area (Å²) in [7, 11) is -3.66. The Balaban J connectivity index is 1.41. The second-order valence-corrected chi connectivity index (χ2v) is 14.5. The topological polar surface area (TPSA) is 141 Å². The van der Waals surface area contributed by atoms with Crippen LogP contribution in [0.15, 0.2) is 53.6 Å². The maximum atomic E-state index is 14.2. The van der Waals surface area contributed by atoms with Gasteiger partial charge in [0, 0.05) is 49.7 Å². The lowest BCUT2D eigenvalue weighted by Crippen LogP contribution is -2.58. The van der Waals surface area contributed by atoms with Gasteiger partial charge in [-0.3, -0.25) is 14.5 Å². The number of amides is 3. The highest BCUT2D eigenvalue weighted by atomic mass is 32.2. The third kappa shape index (κ3) is 7.50. The fourth-order valence-electron chi connectivity index (χ4n) is 6.11. The minimum absolute atomic E-state index is 0.153. The molecule has 2 aliphatic rings. The van der Waals surface area contributed by atoms with Crippen molar-refractivity contribution in [1.82, 2.24) is 24.8 Å². The van der Waals surface area contributed by atoms with Crippen molar-refractivity contribution in [1.29, 1.82) is 0 Å². The monoisotopic (exact) mass is 637 g/mol. The van der Waals surface area contributed by atoms with E-state index in [4.69, 9.17) is 4.74 Å². The summed E-state index contributed by atoms with van der Waals surface area (Å²) in [5.74, 6) is -0.658. The van der Waals surface area contributed by atoms with E-state index in [2.05, 4.69) is 15.0 Å². The van der Waals surface area contributed by atoms with Crippen molar-refractivity contribution >= 4 is 38.8 Å². The van der Waals surface area contributed by atoms with Crippen molar-refractivity contribution in [2.45, 2.75) is 88.9 Å². The van der Waals surface area contributed by atoms with Crippen molar-refractivity contribution < 1.29 is 27.5 Å². The fourth-order valence-corrected chi connectivity index (χ4v) is 7.21. The number of para-hydroxylation sites is 1. The molecule has 2 aliphatic heterocycles. The van der Waals surface area contributed by atoms with Crippen LogP contribution in [-0.2, 0) is 43.7 Å². The summed E-state index contributed by atoms with van der Waals surface area (Å²) in [5.41, 5.74) is 2.85. The minimum Gasteiger partial charge on any atom is -0.444 e. The minimum atomic E-state index is -3.66. The molecule has 3 amide bonds. The van der Waals surface area contributed by atoms with E-state index >= 15 is 0 Å². The summed E-state index contributed by atoms with van der Waals surface area (Å²) in [4.78, 5) is 47.7. The van der Waals surface area contributed by atoms with E-state index < -0.39 is 39.7 Å². The van der Waals surface area contributed by atoms with Crippen LogP contribution in [0.3, 0.4) is 0 Å². The standard InChI is InChI=1S/C33H43N5O6S/c1-5-35-45(42,43)25-14-13-22-15-17-37(21-24(22)18-25)31(40)28(19-23-20-34-27-11-7-6-10-26(23)27)36-30(39)29-12-8-9-16-38(29)32(41)44-33(2,3)4/h6-7,10-11,13-14,18,20,28-29,34-35H,5,8-9,12,15-17,19,21H2,1-4H3,(H,36,39). The fraction of sp³-hybridized carbons (Fsp3) is 0.485. The van der Waals surface area contributed by atoms with E-state index in [1.54, 1.807) is 50.8 Å². The average Bonchev–Trinajstić information content (AvgIpc) is 3.41. The number of aromatic nitrogens is 1. The number of H-pyrrole nitrogens is 1. The molecule has 3 heterocycles. The van der Waals surface area contributed by atoms with Gasteiger partial charge in [-0.2, -0.15) is 0 Å². The molecule has 3 aromatic rings. The Kier molecular flexibility index (Phi) is 9.54. The van der Waals surface area contributed by atoms with Crippen LogP contribution in [-0.4, -0.2) is 78.4 Å². The number of sulfonamides is 1. The van der Waals surface area contributed by atoms with Gasteiger partial charge in [0.25, 0.3) is 0 Å². The third-order valence-electron chi connectivity index (χ3n) is 8.29. The molecule has 242 valence electrons. The molecule has 12 heteroatoms. The van der Waals surface area contributed by atoms with Gasteiger partial charge in [0.05, 0.1) is 4.90 Å². The lowest BCUT2D eigenvalue weighted by molar-refractivity contribution is -0.138. The van der Waals surface area contributed by atoms with E-state index in [9.17, 15) is 22.8 Å². The normalized spacial score (nSPS) is 17.9. The zero-order chi connectivity index (χ0) is 32.4. The van der Waals surface area contributed by atoms with Crippen LogP contribution in [0.5, 0.6) is 0 Å². The van der Waals surface area contributed by atoms with Gasteiger partial charge in [0.1, 0.15) is 17.7 Å². The number of piperidine rings is 1. The highest BCUT2D eigenvalue weighted by Gasteiger charge is 2.38. The quantitative estimate of drug-likeness (QED) is 0.343. The van der Waals surface area contributed by atoms with E-state index in [1.807, 2.05) is 30.5 Å². The Morgan fingerprint density at radius 1 is 1.07 bits per heavy atom. The van der Waals surface area contributed by atoms with Gasteiger partial charge in [0.15, 0.2) is 0 Å². The SMILES string of the molecule is CCNS(=O)(=O)c1ccc2c(c1)CN(C(=O)C(Cc1c[nH]c3ccccc13)NC(=O)C1CCCCN1C(=O)OC(C)(C)C)CC2. The van der Waals surface area contributed by atoms with Gasteiger partial charge in [-0.15, -0.1) is 0 Å². The number of rotatable bonds is 8. The molecule has 0 spiro atoms. The van der Waals surface area contributed by atoms with Crippen LogP contribution in [0.1, 0.15) is 63.6 Å². The van der Waals surface area contributed by atoms with Crippen LogP contribution in [0.2, 0.25) is 0 Å². The van der Waals surface area contributed by atoms with Gasteiger partial charge in [-0.05, 0) is 81.3 Å². The Morgan fingerprint density at radius 2 is 1.84 bits per heavy atom. The van der Waals surface area contributed by atoms with Crippen molar-refractivity contribution in [3.8, 4) is 0 Å². The number of benzene rings is 2. The number of hydrogen-bond acceptors (Lipinski definition) is 6. The number of carbonyl (C=O) groups excluding carboxylic acids is 3. The highest BCUT2D eigenvalue weighted by molar-refractivity contribution is 7.89. The van der Waals surface area contributed by atoms with Gasteiger partial charge < -0.3 is 19.9 Å². The van der Waals surface area contributed by atoms with Crippen molar-refractivity contribution in [2.75, 3.05) is 19.6 Å². The van der Waals surface area contributed by atoms with Crippen molar-refractivity contribution in [2.24, 2.45) is 0 Å². The lowest BCUT2D eigenvalue weighted by Gasteiger charge is -2.37. The molecular formula is C33H43N5O6S. The second-order valence-electron chi connectivity index (χ2n) is 12.8. The van der Waals surface area contributed by atoms with Gasteiger partial charge >= 0.3 is 6.09 Å². The molecule has 0 aliphatic carbocycles. The van der Waals surface area contributed by atoms with E-state index in [0.717, 1.165) is 40.4 Å². The summed E-state index contributed by atoms with van der Waals surface area (Å²) in [6.07, 6.45) is 4.13. The number of carbonyl (C=O) groups is 3. The Morgan fingerprint density at radius 3 is 2.60 bits per heavy atom. The maximum absolute atomic E-state index is 14.2. The molecule has 1 fully saturated rings. The molecule has 2 atom stereocenters. The van der Waals surface area contributed by atoms with Gasteiger partial charge in [0.2, 0.25) is 21.8 Å². The number of nitrogens with zero attached hydrogens (tertiary/aromatic N) is 2. The number of nitrogens with one attached hydrogen (secondary N) is 3. The van der Waals surface area contributed by atoms with E-state index in [1.165, 1.54) is 4.90 Å². The predicted octanol–water partition coefficient (Wildman–Crippen LogP) is 3.87. The molecular weight excluding hydrogens is 594 g/mol. The maximum Gasteiger partial charge on any atom is 0.410 e. The van der Waals surface area contributed by atoms with E-state index in [-0.39, 0.29) is 30.3 Å². The first-order chi connectivity index (χ1) is 21.4. The summed E-state index contributed by atoms with van der Waals surface area (Å²) in [6, 6.07) is 11.1. The summed E-state index contributed by atoms with van der Waals surface area (Å²) in [5, 5.41) is 3.97. The number of ether oxygens (including phenoxy) is 1. The van der Waals surface area contributed by atoms with Gasteiger partial charge in [-0.1, -0.05) is 31.2 Å². The molecule has 0 radical (unpaired) electrons. The van der Waals surface area contributed by atoms with Crippen molar-refractivity contribution in [3.05, 3.63) is 65.4 Å². The zero-order valence-corrected chi connectivity index (χ0v) is 27.2. The first-order valence-electron chi connectivity index (χ1n) is 15.6. The Hall–Kier alpha value is -3.90. The first-order valence-corrected chi connectivity index (χ1v) is 17.1. The van der Waals surface area contributed by atoms with Crippen LogP contribution in [0, 0.1) is 0 Å². The summed E-state index contributed by atoms with van der Waals surface area (Å²) >= 11 is 0. The van der Waals surface area contributed by atoms with Crippen LogP contribution >= 0.6 is 0 Å². The summed E-state index contributed by atoms with van der Waals surface area (Å²) < 4.78 is 33.5. The molecule has 45 heavy (non-hydrogen) atoms. The molecule has 0 bridgehead atoms. The highest BCUT2D eigenvalue weighted by Crippen LogP contribution is 2.26. The molecule has 3 N–H and O–H groups in total. The summed E-state index contributed by atoms with van der Waals surface area (Å²) in [6.45, 7) is 8.40. The molecule has 0 saturated carbocycles. The van der Waals surface area contributed by atoms with Crippen LogP contribution < -0.4 is 10.0 Å². The molecule has 2 aromatic carbocycles. The second kappa shape index (κ2) is 13.2. The average molecular weight is 638 g/mol. The number of hydrogen-bond donors (Lipinski definition) is 3. The number of likely N-dealkylation sites (tertiary alicyclic amines) is 1. The van der Waals surface area contributed by atoms with Crippen LogP contribution in [0.25, 0.3) is 10.9 Å². The molecule has 5 rings (SSSR count). The number of aromatic amines is 1. The smallest absolute Gasteiger partial charge is 0.410 e. The predicted molar refractivity (Wildman–Crippen MR) is 171 cm³/mol. The first kappa shape index (κ1) is 32.5. The largest absolute Gasteiger partial charge is 0.444 e.